The number of nitrogens with two attached hydrogens (primary N) is 1. The van der Waals surface area contributed by atoms with Gasteiger partial charge >= 0.3 is 0 Å². The van der Waals surface area contributed by atoms with Crippen molar-refractivity contribution in [3.63, 3.8) is 0 Å². The number of nitrogens with one attached hydrogen (secondary N) is 1. The molecule has 1 heterocycles. The fraction of sp³-hybridized carbons (Fsp3) is 0.462. The third-order valence-electron chi connectivity index (χ3n) is 2.85. The Balaban J connectivity index is 2.17. The van der Waals surface area contributed by atoms with E-state index in [1.54, 1.807) is 18.2 Å². The summed E-state index contributed by atoms with van der Waals surface area (Å²) in [5.41, 5.74) is 6.69. The number of carbonyl (C=O) groups excluding carboxylic acids is 1. The van der Waals surface area contributed by atoms with Crippen LogP contribution in [0.3, 0.4) is 0 Å². The van der Waals surface area contributed by atoms with Gasteiger partial charge in [-0.2, -0.15) is 0 Å². The van der Waals surface area contributed by atoms with Crippen LogP contribution in [0.5, 0.6) is 5.75 Å². The van der Waals surface area contributed by atoms with Gasteiger partial charge in [-0.1, -0.05) is 6.07 Å². The van der Waals surface area contributed by atoms with E-state index >= 15 is 0 Å². The number of benzene rings is 1. The Labute approximate surface area is 106 Å². The second-order valence-electron chi connectivity index (χ2n) is 4.19. The standard InChI is InChI=1S/C13H18N2O3/c1-2-18-11-5-3-4-10(14)12(11)13(16)15-9-6-7-17-8-9/h3-5,9H,2,6-8,14H2,1H3,(H,15,16). The van der Waals surface area contributed by atoms with Crippen LogP contribution in [-0.2, 0) is 4.74 Å². The van der Waals surface area contributed by atoms with Crippen LogP contribution in [0.1, 0.15) is 23.7 Å². The molecule has 1 aromatic rings. The van der Waals surface area contributed by atoms with Crippen molar-refractivity contribution in [1.29, 1.82) is 0 Å². The summed E-state index contributed by atoms with van der Waals surface area (Å²) in [6.45, 7) is 3.61. The molecule has 1 atom stereocenters. The number of carbonyl (C=O) groups is 1. The molecule has 0 radical (unpaired) electrons. The molecular formula is C13H18N2O3. The van der Waals surface area contributed by atoms with Gasteiger partial charge in [0.15, 0.2) is 0 Å². The summed E-state index contributed by atoms with van der Waals surface area (Å²) in [5.74, 6) is 0.320. The van der Waals surface area contributed by atoms with E-state index in [-0.39, 0.29) is 11.9 Å². The van der Waals surface area contributed by atoms with Crippen molar-refractivity contribution >= 4 is 11.6 Å². The van der Waals surface area contributed by atoms with Crippen molar-refractivity contribution in [2.24, 2.45) is 0 Å². The molecule has 1 aromatic carbocycles. The van der Waals surface area contributed by atoms with Crippen LogP contribution in [0.15, 0.2) is 18.2 Å². The molecule has 1 aliphatic heterocycles. The smallest absolute Gasteiger partial charge is 0.257 e. The van der Waals surface area contributed by atoms with Crippen molar-refractivity contribution in [2.45, 2.75) is 19.4 Å². The Kier molecular flexibility index (Phi) is 4.04. The second kappa shape index (κ2) is 5.73. The monoisotopic (exact) mass is 250 g/mol. The van der Waals surface area contributed by atoms with E-state index in [9.17, 15) is 4.79 Å². The van der Waals surface area contributed by atoms with E-state index < -0.39 is 0 Å². The lowest BCUT2D eigenvalue weighted by Gasteiger charge is -2.15. The first-order chi connectivity index (χ1) is 8.72. The Morgan fingerprint density at radius 1 is 1.61 bits per heavy atom. The SMILES string of the molecule is CCOc1cccc(N)c1C(=O)NC1CCOC1. The number of nitrogen functional groups attached to an aromatic ring is 1. The summed E-state index contributed by atoms with van der Waals surface area (Å²) >= 11 is 0. The van der Waals surface area contributed by atoms with Crippen molar-refractivity contribution in [3.05, 3.63) is 23.8 Å². The fourth-order valence-corrected chi connectivity index (χ4v) is 1.97. The summed E-state index contributed by atoms with van der Waals surface area (Å²) in [6, 6.07) is 5.28. The van der Waals surface area contributed by atoms with Gasteiger partial charge in [-0.3, -0.25) is 4.79 Å². The van der Waals surface area contributed by atoms with Gasteiger partial charge < -0.3 is 20.5 Å². The molecule has 0 bridgehead atoms. The second-order valence-corrected chi connectivity index (χ2v) is 4.19. The fourth-order valence-electron chi connectivity index (χ4n) is 1.97. The van der Waals surface area contributed by atoms with E-state index in [1.807, 2.05) is 6.92 Å². The van der Waals surface area contributed by atoms with Gasteiger partial charge in [0.2, 0.25) is 0 Å². The number of hydrogen-bond acceptors (Lipinski definition) is 4. The molecule has 0 spiro atoms. The van der Waals surface area contributed by atoms with Crippen LogP contribution in [-0.4, -0.2) is 31.8 Å². The van der Waals surface area contributed by atoms with Gasteiger partial charge in [-0.15, -0.1) is 0 Å². The molecule has 0 aliphatic carbocycles. The van der Waals surface area contributed by atoms with Crippen LogP contribution in [0.4, 0.5) is 5.69 Å². The maximum Gasteiger partial charge on any atom is 0.257 e. The highest BCUT2D eigenvalue weighted by Crippen LogP contribution is 2.24. The quantitative estimate of drug-likeness (QED) is 0.787. The summed E-state index contributed by atoms with van der Waals surface area (Å²) in [7, 11) is 0. The Hall–Kier alpha value is -1.75. The van der Waals surface area contributed by atoms with Crippen LogP contribution in [0, 0.1) is 0 Å². The van der Waals surface area contributed by atoms with E-state index in [0.29, 0.717) is 36.8 Å². The normalized spacial score (nSPS) is 18.6. The average molecular weight is 250 g/mol. The average Bonchev–Trinajstić information content (AvgIpc) is 2.82. The summed E-state index contributed by atoms with van der Waals surface area (Å²) < 4.78 is 10.7. The number of rotatable bonds is 4. The number of ether oxygens (including phenoxy) is 2. The first-order valence-electron chi connectivity index (χ1n) is 6.12. The zero-order valence-corrected chi connectivity index (χ0v) is 10.4. The van der Waals surface area contributed by atoms with Crippen molar-refractivity contribution in [2.75, 3.05) is 25.6 Å². The highest BCUT2D eigenvalue weighted by Gasteiger charge is 2.22. The first kappa shape index (κ1) is 12.7. The highest BCUT2D eigenvalue weighted by atomic mass is 16.5. The minimum atomic E-state index is -0.202. The Bertz CT molecular complexity index is 428. The highest BCUT2D eigenvalue weighted by molar-refractivity contribution is 6.02. The maximum absolute atomic E-state index is 12.2. The zero-order chi connectivity index (χ0) is 13.0. The number of hydrogen-bond donors (Lipinski definition) is 2. The van der Waals surface area contributed by atoms with Gasteiger partial charge in [0, 0.05) is 12.3 Å². The van der Waals surface area contributed by atoms with E-state index in [1.165, 1.54) is 0 Å². The van der Waals surface area contributed by atoms with Gasteiger partial charge in [0.25, 0.3) is 5.91 Å². The molecule has 0 aromatic heterocycles. The van der Waals surface area contributed by atoms with Gasteiger partial charge in [-0.05, 0) is 25.5 Å². The van der Waals surface area contributed by atoms with Crippen molar-refractivity contribution in [3.8, 4) is 5.75 Å². The van der Waals surface area contributed by atoms with Crippen LogP contribution < -0.4 is 15.8 Å². The van der Waals surface area contributed by atoms with Crippen molar-refractivity contribution in [1.82, 2.24) is 5.32 Å². The Morgan fingerprint density at radius 2 is 2.44 bits per heavy atom. The topological polar surface area (TPSA) is 73.6 Å². The lowest BCUT2D eigenvalue weighted by molar-refractivity contribution is 0.0927. The molecule has 5 heteroatoms. The molecule has 1 amide bonds. The van der Waals surface area contributed by atoms with Crippen LogP contribution >= 0.6 is 0 Å². The van der Waals surface area contributed by atoms with E-state index in [4.69, 9.17) is 15.2 Å². The van der Waals surface area contributed by atoms with Crippen LogP contribution in [0.2, 0.25) is 0 Å². The first-order valence-corrected chi connectivity index (χ1v) is 6.12. The van der Waals surface area contributed by atoms with E-state index in [0.717, 1.165) is 6.42 Å². The third kappa shape index (κ3) is 2.73. The summed E-state index contributed by atoms with van der Waals surface area (Å²) in [6.07, 6.45) is 0.836. The number of amides is 1. The van der Waals surface area contributed by atoms with Crippen LogP contribution in [0.25, 0.3) is 0 Å². The summed E-state index contributed by atoms with van der Waals surface area (Å²) in [4.78, 5) is 12.2. The lowest BCUT2D eigenvalue weighted by atomic mass is 10.1. The van der Waals surface area contributed by atoms with Gasteiger partial charge in [0.1, 0.15) is 11.3 Å². The molecular weight excluding hydrogens is 232 g/mol. The minimum absolute atomic E-state index is 0.0617. The molecule has 1 fully saturated rings. The predicted molar refractivity (Wildman–Crippen MR) is 68.7 cm³/mol. The lowest BCUT2D eigenvalue weighted by Crippen LogP contribution is -2.35. The zero-order valence-electron chi connectivity index (χ0n) is 10.4. The summed E-state index contributed by atoms with van der Waals surface area (Å²) in [5, 5.41) is 2.91. The molecule has 98 valence electrons. The molecule has 2 rings (SSSR count). The molecule has 5 nitrogen and oxygen atoms in total. The van der Waals surface area contributed by atoms with Gasteiger partial charge in [-0.25, -0.2) is 0 Å². The number of anilines is 1. The Morgan fingerprint density at radius 3 is 3.11 bits per heavy atom. The third-order valence-corrected chi connectivity index (χ3v) is 2.85. The molecule has 3 N–H and O–H groups in total. The molecule has 18 heavy (non-hydrogen) atoms. The van der Waals surface area contributed by atoms with Gasteiger partial charge in [0.05, 0.1) is 19.3 Å². The molecule has 0 saturated carbocycles. The maximum atomic E-state index is 12.2. The van der Waals surface area contributed by atoms with E-state index in [2.05, 4.69) is 5.32 Å². The molecule has 1 saturated heterocycles. The molecule has 1 aliphatic rings. The largest absolute Gasteiger partial charge is 0.493 e. The predicted octanol–water partition coefficient (Wildman–Crippen LogP) is 1.19. The minimum Gasteiger partial charge on any atom is -0.493 e. The molecule has 1 unspecified atom stereocenters. The van der Waals surface area contributed by atoms with Crippen molar-refractivity contribution < 1.29 is 14.3 Å².